The average Bonchev–Trinajstić information content (AvgIpc) is 2.71. The van der Waals surface area contributed by atoms with Gasteiger partial charge in [-0.05, 0) is 36.8 Å². The van der Waals surface area contributed by atoms with Crippen LogP contribution in [0.25, 0.3) is 6.08 Å². The van der Waals surface area contributed by atoms with E-state index >= 15 is 0 Å². The van der Waals surface area contributed by atoms with Gasteiger partial charge < -0.3 is 24.3 Å². The van der Waals surface area contributed by atoms with Crippen molar-refractivity contribution in [3.8, 4) is 23.0 Å². The molecule has 1 N–H and O–H groups in total. The van der Waals surface area contributed by atoms with Crippen molar-refractivity contribution in [2.75, 3.05) is 26.9 Å². The van der Waals surface area contributed by atoms with Gasteiger partial charge in [-0.1, -0.05) is 23.7 Å². The van der Waals surface area contributed by atoms with E-state index in [1.165, 1.54) is 13.2 Å². The molecule has 1 amide bonds. The minimum atomic E-state index is -0.237. The van der Waals surface area contributed by atoms with Crippen molar-refractivity contribution in [1.29, 1.82) is 0 Å². The predicted molar refractivity (Wildman–Crippen MR) is 107 cm³/mol. The van der Waals surface area contributed by atoms with Crippen molar-refractivity contribution in [3.05, 3.63) is 52.6 Å². The molecule has 6 nitrogen and oxygen atoms in total. The Balaban J connectivity index is 1.66. The van der Waals surface area contributed by atoms with Gasteiger partial charge in [-0.2, -0.15) is 0 Å². The van der Waals surface area contributed by atoms with E-state index in [2.05, 4.69) is 5.32 Å². The van der Waals surface area contributed by atoms with Crippen LogP contribution in [0.3, 0.4) is 0 Å². The lowest BCUT2D eigenvalue weighted by atomic mass is 10.1. The van der Waals surface area contributed by atoms with Crippen LogP contribution in [0.5, 0.6) is 23.0 Å². The fourth-order valence-electron chi connectivity index (χ4n) is 2.83. The van der Waals surface area contributed by atoms with Crippen LogP contribution in [0.4, 0.5) is 0 Å². The molecule has 1 aliphatic heterocycles. The van der Waals surface area contributed by atoms with E-state index in [-0.39, 0.29) is 5.91 Å². The second kappa shape index (κ2) is 9.37. The Bertz CT molecular complexity index is 881. The zero-order chi connectivity index (χ0) is 19.9. The van der Waals surface area contributed by atoms with Gasteiger partial charge in [-0.25, -0.2) is 0 Å². The number of fused-ring (bicyclic) bond motifs is 1. The molecule has 28 heavy (non-hydrogen) atoms. The standard InChI is InChI=1S/C21H22ClNO5/c1-3-26-18-12-14(11-16(22)21(18)25-2)7-8-19(24)23-13-15-5-4-6-17-20(15)28-10-9-27-17/h4-8,11-12H,3,9-10,13H2,1-2H3,(H,23,24)/b8-7+. The summed E-state index contributed by atoms with van der Waals surface area (Å²) in [7, 11) is 1.53. The lowest BCUT2D eigenvalue weighted by Gasteiger charge is -2.20. The molecule has 1 heterocycles. The fourth-order valence-corrected chi connectivity index (χ4v) is 3.13. The molecule has 0 spiro atoms. The van der Waals surface area contributed by atoms with Gasteiger partial charge in [0.05, 0.1) is 18.7 Å². The number of ether oxygens (including phenoxy) is 4. The molecule has 0 aliphatic carbocycles. The van der Waals surface area contributed by atoms with Crippen LogP contribution >= 0.6 is 11.6 Å². The largest absolute Gasteiger partial charge is 0.491 e. The Morgan fingerprint density at radius 3 is 2.89 bits per heavy atom. The van der Waals surface area contributed by atoms with Gasteiger partial charge in [0.2, 0.25) is 5.91 Å². The SMILES string of the molecule is CCOc1cc(/C=C/C(=O)NCc2cccc3c2OCCO3)cc(Cl)c1OC. The lowest BCUT2D eigenvalue weighted by molar-refractivity contribution is -0.116. The zero-order valence-electron chi connectivity index (χ0n) is 15.8. The Morgan fingerprint density at radius 1 is 1.29 bits per heavy atom. The maximum Gasteiger partial charge on any atom is 0.244 e. The summed E-state index contributed by atoms with van der Waals surface area (Å²) in [6.45, 7) is 3.72. The van der Waals surface area contributed by atoms with Crippen molar-refractivity contribution in [1.82, 2.24) is 5.32 Å². The number of carbonyl (C=O) groups excluding carboxylic acids is 1. The Morgan fingerprint density at radius 2 is 2.11 bits per heavy atom. The molecule has 0 unspecified atom stereocenters. The van der Waals surface area contributed by atoms with Gasteiger partial charge >= 0.3 is 0 Å². The molecule has 0 saturated carbocycles. The molecule has 7 heteroatoms. The van der Waals surface area contributed by atoms with Crippen LogP contribution in [0.15, 0.2) is 36.4 Å². The number of methoxy groups -OCH3 is 1. The Kier molecular flexibility index (Phi) is 6.66. The van der Waals surface area contributed by atoms with Gasteiger partial charge in [-0.3, -0.25) is 4.79 Å². The van der Waals surface area contributed by atoms with Gasteiger partial charge in [0.15, 0.2) is 23.0 Å². The molecule has 1 aliphatic rings. The molecule has 3 rings (SSSR count). The van der Waals surface area contributed by atoms with Crippen LogP contribution in [-0.4, -0.2) is 32.8 Å². The molecule has 0 bridgehead atoms. The van der Waals surface area contributed by atoms with Gasteiger partial charge in [0.1, 0.15) is 13.2 Å². The second-order valence-corrected chi connectivity index (χ2v) is 6.37. The maximum absolute atomic E-state index is 12.2. The molecular formula is C21H22ClNO5. The van der Waals surface area contributed by atoms with Crippen LogP contribution in [0, 0.1) is 0 Å². The molecule has 148 valence electrons. The predicted octanol–water partition coefficient (Wildman–Crippen LogP) is 3.85. The van der Waals surface area contributed by atoms with Crippen LogP contribution < -0.4 is 24.3 Å². The first kappa shape index (κ1) is 19.9. The number of hydrogen-bond donors (Lipinski definition) is 1. The zero-order valence-corrected chi connectivity index (χ0v) is 16.5. The number of benzene rings is 2. The summed E-state index contributed by atoms with van der Waals surface area (Å²) < 4.78 is 22.0. The van der Waals surface area contributed by atoms with Gasteiger partial charge in [-0.15, -0.1) is 0 Å². The highest BCUT2D eigenvalue weighted by molar-refractivity contribution is 6.32. The molecule has 2 aromatic carbocycles. The summed E-state index contributed by atoms with van der Waals surface area (Å²) in [5, 5.41) is 3.26. The quantitative estimate of drug-likeness (QED) is 0.711. The van der Waals surface area contributed by atoms with E-state index in [0.717, 1.165) is 11.1 Å². The molecule has 0 saturated heterocycles. The van der Waals surface area contributed by atoms with E-state index in [9.17, 15) is 4.79 Å². The number of rotatable bonds is 7. The van der Waals surface area contributed by atoms with Crippen LogP contribution in [-0.2, 0) is 11.3 Å². The third-order valence-corrected chi connectivity index (χ3v) is 4.34. The first-order valence-electron chi connectivity index (χ1n) is 8.96. The number of hydrogen-bond acceptors (Lipinski definition) is 5. The molecule has 0 atom stereocenters. The number of para-hydroxylation sites is 1. The average molecular weight is 404 g/mol. The number of nitrogens with one attached hydrogen (secondary N) is 1. The molecule has 0 fully saturated rings. The van der Waals surface area contributed by atoms with E-state index in [1.54, 1.807) is 18.2 Å². The smallest absolute Gasteiger partial charge is 0.244 e. The summed E-state index contributed by atoms with van der Waals surface area (Å²) in [6.07, 6.45) is 3.11. The Labute approximate surface area is 169 Å². The van der Waals surface area contributed by atoms with Crippen molar-refractivity contribution in [2.24, 2.45) is 0 Å². The van der Waals surface area contributed by atoms with Crippen LogP contribution in [0.2, 0.25) is 5.02 Å². The highest BCUT2D eigenvalue weighted by Gasteiger charge is 2.15. The number of carbonyl (C=O) groups is 1. The highest BCUT2D eigenvalue weighted by Crippen LogP contribution is 2.36. The molecule has 0 aromatic heterocycles. The van der Waals surface area contributed by atoms with Gasteiger partial charge in [0.25, 0.3) is 0 Å². The first-order valence-corrected chi connectivity index (χ1v) is 9.34. The second-order valence-electron chi connectivity index (χ2n) is 5.96. The number of halogens is 1. The van der Waals surface area contributed by atoms with Crippen molar-refractivity contribution >= 4 is 23.6 Å². The lowest BCUT2D eigenvalue weighted by Crippen LogP contribution is -2.22. The van der Waals surface area contributed by atoms with E-state index in [0.29, 0.717) is 54.4 Å². The van der Waals surface area contributed by atoms with Gasteiger partial charge in [0, 0.05) is 18.2 Å². The normalized spacial score (nSPS) is 12.7. The van der Waals surface area contributed by atoms with Crippen molar-refractivity contribution < 1.29 is 23.7 Å². The van der Waals surface area contributed by atoms with Crippen molar-refractivity contribution in [3.63, 3.8) is 0 Å². The first-order chi connectivity index (χ1) is 13.6. The topological polar surface area (TPSA) is 66.0 Å². The van der Waals surface area contributed by atoms with E-state index < -0.39 is 0 Å². The highest BCUT2D eigenvalue weighted by atomic mass is 35.5. The number of amides is 1. The summed E-state index contributed by atoms with van der Waals surface area (Å²) in [4.78, 5) is 12.2. The summed E-state index contributed by atoms with van der Waals surface area (Å²) in [5.74, 6) is 2.15. The van der Waals surface area contributed by atoms with E-state index in [4.69, 9.17) is 30.5 Å². The summed E-state index contributed by atoms with van der Waals surface area (Å²) in [6, 6.07) is 9.11. The minimum absolute atomic E-state index is 0.237. The Hall–Kier alpha value is -2.86. The van der Waals surface area contributed by atoms with Crippen molar-refractivity contribution in [2.45, 2.75) is 13.5 Å². The molecule has 0 radical (unpaired) electrons. The van der Waals surface area contributed by atoms with Crippen LogP contribution in [0.1, 0.15) is 18.1 Å². The molecular weight excluding hydrogens is 382 g/mol. The monoisotopic (exact) mass is 403 g/mol. The molecule has 2 aromatic rings. The minimum Gasteiger partial charge on any atom is -0.491 e. The summed E-state index contributed by atoms with van der Waals surface area (Å²) >= 11 is 6.23. The third-order valence-electron chi connectivity index (χ3n) is 4.06. The fraction of sp³-hybridized carbons (Fsp3) is 0.286. The third kappa shape index (κ3) is 4.70. The van der Waals surface area contributed by atoms with E-state index in [1.807, 2.05) is 25.1 Å². The maximum atomic E-state index is 12.2. The summed E-state index contributed by atoms with van der Waals surface area (Å²) in [5.41, 5.74) is 1.60.